The fourth-order valence-corrected chi connectivity index (χ4v) is 2.03. The fourth-order valence-electron chi connectivity index (χ4n) is 2.03. The minimum atomic E-state index is 0.114. The van der Waals surface area contributed by atoms with Crippen molar-refractivity contribution in [2.75, 3.05) is 26.4 Å². The summed E-state index contributed by atoms with van der Waals surface area (Å²) >= 11 is 0. The van der Waals surface area contributed by atoms with Crippen molar-refractivity contribution < 1.29 is 9.47 Å². The van der Waals surface area contributed by atoms with E-state index in [1.807, 2.05) is 19.1 Å². The summed E-state index contributed by atoms with van der Waals surface area (Å²) in [5.74, 6) is 1.47. The highest BCUT2D eigenvalue weighted by atomic mass is 16.5. The maximum absolute atomic E-state index is 5.43. The van der Waals surface area contributed by atoms with Gasteiger partial charge in [-0.3, -0.25) is 0 Å². The molecule has 0 aliphatic carbocycles. The summed E-state index contributed by atoms with van der Waals surface area (Å²) < 4.78 is 10.8. The molecule has 3 heterocycles. The Morgan fingerprint density at radius 1 is 1.44 bits per heavy atom. The van der Waals surface area contributed by atoms with Crippen LogP contribution in [0.3, 0.4) is 0 Å². The number of ether oxygens (including phenoxy) is 2. The first-order valence-corrected chi connectivity index (χ1v) is 6.17. The lowest BCUT2D eigenvalue weighted by molar-refractivity contribution is 0.0746. The Labute approximate surface area is 105 Å². The Morgan fingerprint density at radius 3 is 3.17 bits per heavy atom. The lowest BCUT2D eigenvalue weighted by Gasteiger charge is -2.21. The number of H-pyrrole nitrogens is 1. The molecule has 1 aliphatic rings. The molecule has 0 radical (unpaired) electrons. The number of rotatable bonds is 3. The van der Waals surface area contributed by atoms with E-state index in [-0.39, 0.29) is 6.04 Å². The van der Waals surface area contributed by atoms with Crippen LogP contribution < -0.4 is 10.1 Å². The third kappa shape index (κ3) is 2.16. The monoisotopic (exact) mass is 248 g/mol. The first-order chi connectivity index (χ1) is 8.86. The molecule has 0 spiro atoms. The zero-order valence-corrected chi connectivity index (χ0v) is 10.3. The van der Waals surface area contributed by atoms with Gasteiger partial charge in [0.25, 0.3) is 0 Å². The van der Waals surface area contributed by atoms with E-state index in [2.05, 4.69) is 20.3 Å². The molecule has 6 nitrogen and oxygen atoms in total. The Morgan fingerprint density at radius 2 is 2.39 bits per heavy atom. The molecule has 2 aromatic rings. The van der Waals surface area contributed by atoms with E-state index in [0.717, 1.165) is 24.5 Å². The van der Waals surface area contributed by atoms with Crippen LogP contribution in [0.5, 0.6) is 5.88 Å². The molecule has 18 heavy (non-hydrogen) atoms. The van der Waals surface area contributed by atoms with Crippen molar-refractivity contribution in [1.82, 2.24) is 20.3 Å². The van der Waals surface area contributed by atoms with E-state index in [1.165, 1.54) is 0 Å². The average molecular weight is 248 g/mol. The standard InChI is InChI=1S/C12H16N4O2/c1-2-18-10-4-3-8-11(15-10)16-12(14-8)9-7-17-6-5-13-9/h3-4,9,13H,2,5-7H2,1H3,(H,14,15,16). The summed E-state index contributed by atoms with van der Waals surface area (Å²) in [6.07, 6.45) is 0. The predicted molar refractivity (Wildman–Crippen MR) is 66.6 cm³/mol. The van der Waals surface area contributed by atoms with Gasteiger partial charge in [-0.2, -0.15) is 4.98 Å². The van der Waals surface area contributed by atoms with Gasteiger partial charge in [0.1, 0.15) is 5.82 Å². The summed E-state index contributed by atoms with van der Waals surface area (Å²) in [6, 6.07) is 3.90. The number of pyridine rings is 1. The van der Waals surface area contributed by atoms with Crippen molar-refractivity contribution in [1.29, 1.82) is 0 Å². The molecule has 1 saturated heterocycles. The minimum Gasteiger partial charge on any atom is -0.478 e. The van der Waals surface area contributed by atoms with E-state index in [9.17, 15) is 0 Å². The molecule has 1 aliphatic heterocycles. The van der Waals surface area contributed by atoms with E-state index >= 15 is 0 Å². The predicted octanol–water partition coefficient (Wildman–Crippen LogP) is 1.02. The van der Waals surface area contributed by atoms with Crippen LogP contribution in [-0.4, -0.2) is 41.3 Å². The molecular weight excluding hydrogens is 232 g/mol. The molecule has 1 fully saturated rings. The Balaban J connectivity index is 1.89. The molecule has 1 atom stereocenters. The Bertz CT molecular complexity index is 534. The van der Waals surface area contributed by atoms with Crippen molar-refractivity contribution in [2.45, 2.75) is 13.0 Å². The number of nitrogens with zero attached hydrogens (tertiary/aromatic N) is 2. The van der Waals surface area contributed by atoms with Gasteiger partial charge in [0.15, 0.2) is 5.65 Å². The maximum atomic E-state index is 5.43. The number of nitrogens with one attached hydrogen (secondary N) is 2. The summed E-state index contributed by atoms with van der Waals surface area (Å²) in [4.78, 5) is 12.1. The number of imidazole rings is 1. The largest absolute Gasteiger partial charge is 0.478 e. The van der Waals surface area contributed by atoms with Crippen molar-refractivity contribution in [2.24, 2.45) is 0 Å². The Kier molecular flexibility index (Phi) is 3.12. The highest BCUT2D eigenvalue weighted by Crippen LogP contribution is 2.19. The third-order valence-corrected chi connectivity index (χ3v) is 2.88. The van der Waals surface area contributed by atoms with Gasteiger partial charge in [0.05, 0.1) is 31.4 Å². The molecule has 0 aromatic carbocycles. The van der Waals surface area contributed by atoms with Gasteiger partial charge in [-0.1, -0.05) is 0 Å². The second-order valence-corrected chi connectivity index (χ2v) is 4.16. The fraction of sp³-hybridized carbons (Fsp3) is 0.500. The number of aromatic nitrogens is 3. The number of morpholine rings is 1. The molecule has 0 saturated carbocycles. The van der Waals surface area contributed by atoms with Gasteiger partial charge in [-0.15, -0.1) is 0 Å². The van der Waals surface area contributed by atoms with Crippen molar-refractivity contribution >= 4 is 11.2 Å². The van der Waals surface area contributed by atoms with Crippen molar-refractivity contribution in [3.63, 3.8) is 0 Å². The molecule has 6 heteroatoms. The van der Waals surface area contributed by atoms with Crippen LogP contribution >= 0.6 is 0 Å². The van der Waals surface area contributed by atoms with E-state index < -0.39 is 0 Å². The molecule has 1 unspecified atom stereocenters. The topological polar surface area (TPSA) is 72.1 Å². The number of aromatic amines is 1. The first-order valence-electron chi connectivity index (χ1n) is 6.17. The van der Waals surface area contributed by atoms with Crippen molar-refractivity contribution in [3.8, 4) is 5.88 Å². The van der Waals surface area contributed by atoms with Crippen LogP contribution in [0.15, 0.2) is 12.1 Å². The van der Waals surface area contributed by atoms with Crippen LogP contribution in [0.4, 0.5) is 0 Å². The second kappa shape index (κ2) is 4.91. The lowest BCUT2D eigenvalue weighted by atomic mass is 10.3. The van der Waals surface area contributed by atoms with Gasteiger partial charge < -0.3 is 19.8 Å². The quantitative estimate of drug-likeness (QED) is 0.848. The number of fused-ring (bicyclic) bond motifs is 1. The van der Waals surface area contributed by atoms with E-state index in [1.54, 1.807) is 0 Å². The van der Waals surface area contributed by atoms with Crippen LogP contribution in [0.2, 0.25) is 0 Å². The minimum absolute atomic E-state index is 0.114. The molecule has 2 N–H and O–H groups in total. The van der Waals surface area contributed by atoms with Gasteiger partial charge in [-0.05, 0) is 13.0 Å². The van der Waals surface area contributed by atoms with Gasteiger partial charge in [-0.25, -0.2) is 4.98 Å². The molecule has 96 valence electrons. The lowest BCUT2D eigenvalue weighted by Crippen LogP contribution is -2.35. The molecule has 3 rings (SSSR count). The van der Waals surface area contributed by atoms with E-state index in [0.29, 0.717) is 24.7 Å². The van der Waals surface area contributed by atoms with Crippen LogP contribution in [0.25, 0.3) is 11.2 Å². The summed E-state index contributed by atoms with van der Waals surface area (Å²) in [6.45, 7) is 4.78. The first kappa shape index (κ1) is 11.4. The molecule has 2 aromatic heterocycles. The van der Waals surface area contributed by atoms with Gasteiger partial charge in [0.2, 0.25) is 5.88 Å². The average Bonchev–Trinajstić information content (AvgIpc) is 2.83. The van der Waals surface area contributed by atoms with Gasteiger partial charge >= 0.3 is 0 Å². The molecule has 0 bridgehead atoms. The second-order valence-electron chi connectivity index (χ2n) is 4.16. The highest BCUT2D eigenvalue weighted by molar-refractivity contribution is 5.71. The smallest absolute Gasteiger partial charge is 0.215 e. The molecule has 0 amide bonds. The summed E-state index contributed by atoms with van der Waals surface area (Å²) in [5.41, 5.74) is 1.60. The zero-order chi connectivity index (χ0) is 12.4. The third-order valence-electron chi connectivity index (χ3n) is 2.88. The Hall–Kier alpha value is -1.66. The highest BCUT2D eigenvalue weighted by Gasteiger charge is 2.19. The zero-order valence-electron chi connectivity index (χ0n) is 10.3. The van der Waals surface area contributed by atoms with Gasteiger partial charge in [0, 0.05) is 12.6 Å². The summed E-state index contributed by atoms with van der Waals surface area (Å²) in [5, 5.41) is 3.36. The van der Waals surface area contributed by atoms with Crippen LogP contribution in [0.1, 0.15) is 18.8 Å². The number of hydrogen-bond donors (Lipinski definition) is 2. The molecular formula is C12H16N4O2. The van der Waals surface area contributed by atoms with Crippen LogP contribution in [-0.2, 0) is 4.74 Å². The SMILES string of the molecule is CCOc1ccc2[nH]c(C3COCCN3)nc2n1. The van der Waals surface area contributed by atoms with Crippen LogP contribution in [0, 0.1) is 0 Å². The maximum Gasteiger partial charge on any atom is 0.215 e. The van der Waals surface area contributed by atoms with E-state index in [4.69, 9.17) is 9.47 Å². The summed E-state index contributed by atoms with van der Waals surface area (Å²) in [7, 11) is 0. The normalized spacial score (nSPS) is 20.2. The van der Waals surface area contributed by atoms with Crippen molar-refractivity contribution in [3.05, 3.63) is 18.0 Å². The number of hydrogen-bond acceptors (Lipinski definition) is 5.